The highest BCUT2D eigenvalue weighted by molar-refractivity contribution is 7.90. The van der Waals surface area contributed by atoms with Gasteiger partial charge in [-0.2, -0.15) is 0 Å². The van der Waals surface area contributed by atoms with Crippen molar-refractivity contribution in [3.8, 4) is 5.75 Å². The van der Waals surface area contributed by atoms with Crippen LogP contribution in [0.5, 0.6) is 5.75 Å². The van der Waals surface area contributed by atoms with Crippen molar-refractivity contribution in [1.29, 1.82) is 0 Å². The number of likely N-dealkylation sites (tertiary alicyclic amines) is 2. The summed E-state index contributed by atoms with van der Waals surface area (Å²) in [5, 5.41) is 0. The second-order valence-electron chi connectivity index (χ2n) is 9.03. The molecule has 0 N–H and O–H groups in total. The molecule has 0 bridgehead atoms. The average molecular weight is 435 g/mol. The summed E-state index contributed by atoms with van der Waals surface area (Å²) in [4.78, 5) is 29.8. The molecule has 2 amide bonds. The average Bonchev–Trinajstić information content (AvgIpc) is 3.51. The molecule has 0 unspecified atom stereocenters. The lowest BCUT2D eigenvalue weighted by atomic mass is 9.83. The number of carbonyl (C=O) groups is 2. The third-order valence-electron chi connectivity index (χ3n) is 6.27. The largest absolute Gasteiger partial charge is 0.490 e. The molecule has 0 aromatic heterocycles. The molecule has 1 aromatic rings. The van der Waals surface area contributed by atoms with Crippen LogP contribution in [0.3, 0.4) is 0 Å². The van der Waals surface area contributed by atoms with Crippen LogP contribution in [0.25, 0.3) is 0 Å². The number of nitrogens with zero attached hydrogens (tertiary/aromatic N) is 2. The summed E-state index contributed by atoms with van der Waals surface area (Å²) in [6.45, 7) is 4.89. The molecule has 4 rings (SSSR count). The minimum atomic E-state index is -3.44. The molecule has 8 heteroatoms. The number of carbonyl (C=O) groups excluding carboxylic acids is 2. The van der Waals surface area contributed by atoms with Crippen molar-refractivity contribution in [2.24, 2.45) is 5.92 Å². The molecule has 30 heavy (non-hydrogen) atoms. The lowest BCUT2D eigenvalue weighted by Gasteiger charge is -2.47. The van der Waals surface area contributed by atoms with Crippen molar-refractivity contribution >= 4 is 21.7 Å². The number of hydrogen-bond acceptors (Lipinski definition) is 5. The second-order valence-corrected chi connectivity index (χ2v) is 11.1. The Morgan fingerprint density at radius 3 is 2.53 bits per heavy atom. The molecule has 3 aliphatic rings. The van der Waals surface area contributed by atoms with Gasteiger partial charge < -0.3 is 14.5 Å². The van der Waals surface area contributed by atoms with E-state index in [1.54, 1.807) is 11.0 Å². The van der Waals surface area contributed by atoms with E-state index in [-0.39, 0.29) is 40.3 Å². The van der Waals surface area contributed by atoms with E-state index < -0.39 is 9.84 Å². The van der Waals surface area contributed by atoms with Crippen molar-refractivity contribution in [3.63, 3.8) is 0 Å². The number of piperidine rings is 2. The molecular formula is C22H30N2O5S. The molecule has 2 saturated heterocycles. The zero-order chi connectivity index (χ0) is 21.6. The fourth-order valence-electron chi connectivity index (χ4n) is 4.74. The van der Waals surface area contributed by atoms with Crippen molar-refractivity contribution in [1.82, 2.24) is 9.80 Å². The van der Waals surface area contributed by atoms with E-state index in [1.807, 2.05) is 13.8 Å². The molecular weight excluding hydrogens is 404 g/mol. The fourth-order valence-corrected chi connectivity index (χ4v) is 5.39. The Kier molecular flexibility index (Phi) is 5.55. The number of ether oxygens (including phenoxy) is 1. The third-order valence-corrected chi connectivity index (χ3v) is 7.38. The van der Waals surface area contributed by atoms with E-state index in [4.69, 9.17) is 4.74 Å². The molecule has 3 fully saturated rings. The predicted molar refractivity (Wildman–Crippen MR) is 112 cm³/mol. The Hall–Kier alpha value is -2.09. The van der Waals surface area contributed by atoms with Gasteiger partial charge in [0.2, 0.25) is 5.91 Å². The van der Waals surface area contributed by atoms with Gasteiger partial charge >= 0.3 is 0 Å². The minimum Gasteiger partial charge on any atom is -0.490 e. The first-order valence-electron chi connectivity index (χ1n) is 10.8. The summed E-state index contributed by atoms with van der Waals surface area (Å²) >= 11 is 0. The summed E-state index contributed by atoms with van der Waals surface area (Å²) in [7, 11) is -3.44. The van der Waals surface area contributed by atoms with E-state index in [2.05, 4.69) is 4.90 Å². The Balaban J connectivity index is 1.58. The molecule has 0 spiro atoms. The summed E-state index contributed by atoms with van der Waals surface area (Å²) in [6.07, 6.45) is 5.29. The highest BCUT2D eigenvalue weighted by Gasteiger charge is 2.46. The van der Waals surface area contributed by atoms with Gasteiger partial charge in [-0.25, -0.2) is 8.42 Å². The van der Waals surface area contributed by atoms with Gasteiger partial charge in [-0.1, -0.05) is 0 Å². The highest BCUT2D eigenvalue weighted by atomic mass is 32.2. The summed E-state index contributed by atoms with van der Waals surface area (Å²) < 4.78 is 29.9. The smallest absolute Gasteiger partial charge is 0.257 e. The van der Waals surface area contributed by atoms with Gasteiger partial charge in [-0.05, 0) is 63.6 Å². The maximum absolute atomic E-state index is 13.4. The second kappa shape index (κ2) is 7.87. The van der Waals surface area contributed by atoms with Crippen molar-refractivity contribution in [3.05, 3.63) is 23.8 Å². The van der Waals surface area contributed by atoms with Crippen LogP contribution in [0.4, 0.5) is 0 Å². The first kappa shape index (κ1) is 21.2. The van der Waals surface area contributed by atoms with E-state index in [0.29, 0.717) is 31.3 Å². The maximum atomic E-state index is 13.4. The normalized spacial score (nSPS) is 24.7. The van der Waals surface area contributed by atoms with Gasteiger partial charge in [-0.15, -0.1) is 0 Å². The molecule has 1 aliphatic carbocycles. The molecule has 0 radical (unpaired) electrons. The maximum Gasteiger partial charge on any atom is 0.257 e. The van der Waals surface area contributed by atoms with E-state index in [0.717, 1.165) is 31.9 Å². The fraction of sp³-hybridized carbons (Fsp3) is 0.636. The zero-order valence-electron chi connectivity index (χ0n) is 17.8. The highest BCUT2D eigenvalue weighted by Crippen LogP contribution is 2.39. The number of fused-ring (bicyclic) bond motifs is 1. The van der Waals surface area contributed by atoms with Gasteiger partial charge in [0.05, 0.1) is 16.6 Å². The van der Waals surface area contributed by atoms with Crippen LogP contribution in [-0.4, -0.2) is 67.6 Å². The van der Waals surface area contributed by atoms with Crippen LogP contribution in [-0.2, 0) is 14.6 Å². The Labute approximate surface area is 178 Å². The van der Waals surface area contributed by atoms with Gasteiger partial charge in [0.15, 0.2) is 9.84 Å². The van der Waals surface area contributed by atoms with Gasteiger partial charge in [-0.3, -0.25) is 9.59 Å². The molecule has 1 saturated carbocycles. The van der Waals surface area contributed by atoms with E-state index in [1.165, 1.54) is 12.1 Å². The minimum absolute atomic E-state index is 0.111. The molecule has 2 atom stereocenters. The van der Waals surface area contributed by atoms with Crippen LogP contribution >= 0.6 is 0 Å². The topological polar surface area (TPSA) is 84.0 Å². The standard InChI is InChI=1S/C22H30N2O5S/c1-14(2)29-20-8-7-17(30(3,27)28)12-18(20)22(26)23-11-10-19-15(13-23)4-9-21(25)24(19)16-5-6-16/h7-8,12,14-16,19H,4-6,9-11,13H2,1-3H3/t15-,19-/m0/s1. The van der Waals surface area contributed by atoms with Gasteiger partial charge in [0.1, 0.15) is 5.75 Å². The first-order valence-corrected chi connectivity index (χ1v) is 12.7. The van der Waals surface area contributed by atoms with Crippen LogP contribution in [0.1, 0.15) is 56.3 Å². The van der Waals surface area contributed by atoms with Crippen LogP contribution < -0.4 is 4.74 Å². The molecule has 164 valence electrons. The lowest BCUT2D eigenvalue weighted by Crippen LogP contribution is -2.57. The monoisotopic (exact) mass is 434 g/mol. The van der Waals surface area contributed by atoms with E-state index >= 15 is 0 Å². The number of rotatable bonds is 5. The van der Waals surface area contributed by atoms with Gasteiger partial charge in [0, 0.05) is 37.8 Å². The lowest BCUT2D eigenvalue weighted by molar-refractivity contribution is -0.141. The van der Waals surface area contributed by atoms with E-state index in [9.17, 15) is 18.0 Å². The quantitative estimate of drug-likeness (QED) is 0.711. The molecule has 7 nitrogen and oxygen atoms in total. The summed E-state index contributed by atoms with van der Waals surface area (Å²) in [6, 6.07) is 5.10. The molecule has 1 aromatic carbocycles. The van der Waals surface area contributed by atoms with Crippen LogP contribution in [0.2, 0.25) is 0 Å². The predicted octanol–water partition coefficient (Wildman–Crippen LogP) is 2.49. The Bertz CT molecular complexity index is 954. The number of hydrogen-bond donors (Lipinski definition) is 0. The zero-order valence-corrected chi connectivity index (χ0v) is 18.7. The number of benzene rings is 1. The first-order chi connectivity index (χ1) is 14.1. The Morgan fingerprint density at radius 2 is 1.90 bits per heavy atom. The van der Waals surface area contributed by atoms with Gasteiger partial charge in [0.25, 0.3) is 5.91 Å². The summed E-state index contributed by atoms with van der Waals surface area (Å²) in [5.74, 6) is 0.730. The molecule has 2 heterocycles. The third kappa shape index (κ3) is 4.19. The Morgan fingerprint density at radius 1 is 1.17 bits per heavy atom. The van der Waals surface area contributed by atoms with Crippen molar-refractivity contribution in [2.75, 3.05) is 19.3 Å². The van der Waals surface area contributed by atoms with Crippen LogP contribution in [0, 0.1) is 5.92 Å². The van der Waals surface area contributed by atoms with Crippen LogP contribution in [0.15, 0.2) is 23.1 Å². The molecule has 2 aliphatic heterocycles. The number of amides is 2. The van der Waals surface area contributed by atoms with Crippen molar-refractivity contribution < 1.29 is 22.7 Å². The number of sulfone groups is 1. The SMILES string of the molecule is CC(C)Oc1ccc(S(C)(=O)=O)cc1C(=O)N1CC[C@H]2[C@@H](CCC(=O)N2C2CC2)C1. The van der Waals surface area contributed by atoms with Crippen molar-refractivity contribution in [2.45, 2.75) is 69.0 Å². The summed E-state index contributed by atoms with van der Waals surface area (Å²) in [5.41, 5.74) is 0.288.